The fourth-order valence-electron chi connectivity index (χ4n) is 3.00. The van der Waals surface area contributed by atoms with Crippen LogP contribution in [0.4, 0.5) is 11.4 Å². The quantitative estimate of drug-likeness (QED) is 0.534. The molecule has 134 valence electrons. The lowest BCUT2D eigenvalue weighted by molar-refractivity contribution is -0.139. The fraction of sp³-hybridized carbons (Fsp3) is 0.0952. The molecule has 0 amide bonds. The molecular formula is C21H17N3O3. The first-order valence-corrected chi connectivity index (χ1v) is 8.48. The number of hydrogen-bond acceptors (Lipinski definition) is 6. The number of fused-ring (bicyclic) bond motifs is 1. The van der Waals surface area contributed by atoms with Gasteiger partial charge in [0.1, 0.15) is 5.52 Å². The Kier molecular flexibility index (Phi) is 4.53. The Morgan fingerprint density at radius 3 is 2.48 bits per heavy atom. The molecule has 0 unspecified atom stereocenters. The van der Waals surface area contributed by atoms with Crippen LogP contribution in [0.25, 0.3) is 22.2 Å². The first-order chi connectivity index (χ1) is 13.3. The number of aromatic nitrogens is 2. The first-order valence-electron chi connectivity index (χ1n) is 8.48. The molecule has 4 aromatic rings. The standard InChI is InChI=1S/C21H17N3O3/c1-26-19(25)13-15-11-12-18(21-20(15)23-27-24-21)22-17-10-6-5-9-16(17)14-7-3-2-4-8-14/h2-12,22H,13H2,1H3. The number of para-hydroxylation sites is 1. The van der Waals surface area contributed by atoms with Gasteiger partial charge in [0, 0.05) is 11.3 Å². The van der Waals surface area contributed by atoms with Crippen molar-refractivity contribution >= 4 is 28.4 Å². The second kappa shape index (κ2) is 7.29. The third kappa shape index (κ3) is 3.37. The second-order valence-corrected chi connectivity index (χ2v) is 6.02. The summed E-state index contributed by atoms with van der Waals surface area (Å²) in [5.74, 6) is -0.338. The van der Waals surface area contributed by atoms with Gasteiger partial charge in [0.2, 0.25) is 0 Å². The van der Waals surface area contributed by atoms with E-state index in [9.17, 15) is 4.79 Å². The molecule has 3 aromatic carbocycles. The van der Waals surface area contributed by atoms with Crippen molar-refractivity contribution in [2.75, 3.05) is 12.4 Å². The highest BCUT2D eigenvalue weighted by Gasteiger charge is 2.15. The SMILES string of the molecule is COC(=O)Cc1ccc(Nc2ccccc2-c2ccccc2)c2nonc12. The van der Waals surface area contributed by atoms with E-state index in [1.54, 1.807) is 0 Å². The summed E-state index contributed by atoms with van der Waals surface area (Å²) in [5, 5.41) is 11.4. The van der Waals surface area contributed by atoms with E-state index in [1.807, 2.05) is 48.5 Å². The van der Waals surface area contributed by atoms with Gasteiger partial charge in [-0.3, -0.25) is 4.79 Å². The molecule has 0 aliphatic carbocycles. The number of benzene rings is 3. The number of nitrogens with zero attached hydrogens (tertiary/aromatic N) is 2. The number of carbonyl (C=O) groups excluding carboxylic acids is 1. The minimum Gasteiger partial charge on any atom is -0.469 e. The number of nitrogens with one attached hydrogen (secondary N) is 1. The zero-order valence-corrected chi connectivity index (χ0v) is 14.7. The van der Waals surface area contributed by atoms with Crippen molar-refractivity contribution in [3.05, 3.63) is 72.3 Å². The van der Waals surface area contributed by atoms with Gasteiger partial charge in [-0.05, 0) is 33.6 Å². The van der Waals surface area contributed by atoms with E-state index in [0.717, 1.165) is 22.5 Å². The molecule has 27 heavy (non-hydrogen) atoms. The van der Waals surface area contributed by atoms with Crippen LogP contribution in [0.3, 0.4) is 0 Å². The molecule has 0 bridgehead atoms. The number of ether oxygens (including phenoxy) is 1. The molecule has 0 aliphatic rings. The van der Waals surface area contributed by atoms with Gasteiger partial charge in [-0.25, -0.2) is 4.63 Å². The summed E-state index contributed by atoms with van der Waals surface area (Å²) in [6, 6.07) is 21.9. The van der Waals surface area contributed by atoms with Crippen molar-refractivity contribution in [3.8, 4) is 11.1 Å². The van der Waals surface area contributed by atoms with Gasteiger partial charge in [-0.2, -0.15) is 0 Å². The van der Waals surface area contributed by atoms with Crippen LogP contribution in [0.2, 0.25) is 0 Å². The van der Waals surface area contributed by atoms with Gasteiger partial charge in [0.05, 0.1) is 19.2 Å². The van der Waals surface area contributed by atoms with Crippen LogP contribution in [0, 0.1) is 0 Å². The Morgan fingerprint density at radius 1 is 0.926 bits per heavy atom. The maximum atomic E-state index is 11.6. The van der Waals surface area contributed by atoms with Gasteiger partial charge in [0.15, 0.2) is 5.52 Å². The third-order valence-electron chi connectivity index (χ3n) is 4.34. The maximum absolute atomic E-state index is 11.6. The number of carbonyl (C=O) groups is 1. The molecule has 6 heteroatoms. The van der Waals surface area contributed by atoms with Gasteiger partial charge in [-0.1, -0.05) is 54.6 Å². The van der Waals surface area contributed by atoms with E-state index < -0.39 is 0 Å². The predicted molar refractivity (Wildman–Crippen MR) is 103 cm³/mol. The van der Waals surface area contributed by atoms with E-state index in [2.05, 4.69) is 33.8 Å². The predicted octanol–water partition coefficient (Wildman–Crippen LogP) is 4.35. The normalized spacial score (nSPS) is 10.7. The maximum Gasteiger partial charge on any atom is 0.310 e. The molecule has 0 aliphatic heterocycles. The summed E-state index contributed by atoms with van der Waals surface area (Å²) < 4.78 is 9.66. The lowest BCUT2D eigenvalue weighted by Gasteiger charge is -2.13. The van der Waals surface area contributed by atoms with E-state index >= 15 is 0 Å². The van der Waals surface area contributed by atoms with Crippen LogP contribution < -0.4 is 5.32 Å². The molecule has 0 saturated heterocycles. The minimum atomic E-state index is -0.338. The Morgan fingerprint density at radius 2 is 1.67 bits per heavy atom. The zero-order chi connectivity index (χ0) is 18.6. The number of methoxy groups -OCH3 is 1. The second-order valence-electron chi connectivity index (χ2n) is 6.02. The third-order valence-corrected chi connectivity index (χ3v) is 4.34. The van der Waals surface area contributed by atoms with Crippen molar-refractivity contribution in [1.29, 1.82) is 0 Å². The molecule has 6 nitrogen and oxygen atoms in total. The summed E-state index contributed by atoms with van der Waals surface area (Å²) in [4.78, 5) is 11.6. The van der Waals surface area contributed by atoms with Crippen molar-refractivity contribution in [3.63, 3.8) is 0 Å². The van der Waals surface area contributed by atoms with Crippen molar-refractivity contribution in [2.24, 2.45) is 0 Å². The van der Waals surface area contributed by atoms with Crippen LogP contribution in [-0.2, 0) is 16.0 Å². The molecule has 1 N–H and O–H groups in total. The van der Waals surface area contributed by atoms with E-state index in [1.165, 1.54) is 7.11 Å². The lowest BCUT2D eigenvalue weighted by atomic mass is 10.0. The average molecular weight is 359 g/mol. The molecule has 1 heterocycles. The van der Waals surface area contributed by atoms with Gasteiger partial charge < -0.3 is 10.1 Å². The lowest BCUT2D eigenvalue weighted by Crippen LogP contribution is -2.05. The summed E-state index contributed by atoms with van der Waals surface area (Å²) in [6.45, 7) is 0. The van der Waals surface area contributed by atoms with E-state index in [-0.39, 0.29) is 12.4 Å². The van der Waals surface area contributed by atoms with Crippen LogP contribution in [0.5, 0.6) is 0 Å². The van der Waals surface area contributed by atoms with Gasteiger partial charge in [-0.15, -0.1) is 0 Å². The molecule has 0 fully saturated rings. The highest BCUT2D eigenvalue weighted by Crippen LogP contribution is 2.33. The number of esters is 1. The summed E-state index contributed by atoms with van der Waals surface area (Å²) in [5.41, 5.74) is 5.69. The molecule has 4 rings (SSSR count). The van der Waals surface area contributed by atoms with E-state index in [0.29, 0.717) is 16.6 Å². The topological polar surface area (TPSA) is 77.2 Å². The van der Waals surface area contributed by atoms with Crippen LogP contribution in [0.15, 0.2) is 71.4 Å². The zero-order valence-electron chi connectivity index (χ0n) is 14.7. The Labute approximate surface area is 155 Å². The van der Waals surface area contributed by atoms with E-state index in [4.69, 9.17) is 9.37 Å². The van der Waals surface area contributed by atoms with Crippen molar-refractivity contribution in [2.45, 2.75) is 6.42 Å². The summed E-state index contributed by atoms with van der Waals surface area (Å²) >= 11 is 0. The highest BCUT2D eigenvalue weighted by atomic mass is 16.6. The molecule has 1 aromatic heterocycles. The monoisotopic (exact) mass is 359 g/mol. The van der Waals surface area contributed by atoms with Crippen molar-refractivity contribution < 1.29 is 14.2 Å². The Balaban J connectivity index is 1.73. The Hall–Kier alpha value is -3.67. The largest absolute Gasteiger partial charge is 0.469 e. The average Bonchev–Trinajstić information content (AvgIpc) is 3.21. The molecule has 0 spiro atoms. The fourth-order valence-corrected chi connectivity index (χ4v) is 3.00. The molecule has 0 atom stereocenters. The van der Waals surface area contributed by atoms with Crippen LogP contribution >= 0.6 is 0 Å². The number of anilines is 2. The Bertz CT molecular complexity index is 1090. The van der Waals surface area contributed by atoms with Crippen molar-refractivity contribution in [1.82, 2.24) is 10.3 Å². The van der Waals surface area contributed by atoms with Gasteiger partial charge >= 0.3 is 5.97 Å². The highest BCUT2D eigenvalue weighted by molar-refractivity contribution is 5.94. The first kappa shape index (κ1) is 16.8. The molecule has 0 radical (unpaired) electrons. The molecular weight excluding hydrogens is 342 g/mol. The van der Waals surface area contributed by atoms with Gasteiger partial charge in [0.25, 0.3) is 0 Å². The number of hydrogen-bond donors (Lipinski definition) is 1. The number of rotatable bonds is 5. The van der Waals surface area contributed by atoms with Crippen LogP contribution in [0.1, 0.15) is 5.56 Å². The molecule has 0 saturated carbocycles. The minimum absolute atomic E-state index is 0.113. The summed E-state index contributed by atoms with van der Waals surface area (Å²) in [7, 11) is 1.36. The van der Waals surface area contributed by atoms with Crippen LogP contribution in [-0.4, -0.2) is 23.4 Å². The summed E-state index contributed by atoms with van der Waals surface area (Å²) in [6.07, 6.45) is 0.113. The smallest absolute Gasteiger partial charge is 0.310 e.